The second-order valence-corrected chi connectivity index (χ2v) is 5.44. The highest BCUT2D eigenvalue weighted by molar-refractivity contribution is 5.74. The maximum Gasteiger partial charge on any atom is 0.312 e. The molecule has 0 fully saturated rings. The topological polar surface area (TPSA) is 46.5 Å². The number of hydrogen-bond acceptors (Lipinski definition) is 3. The van der Waals surface area contributed by atoms with E-state index in [9.17, 15) is 9.90 Å². The van der Waals surface area contributed by atoms with Crippen molar-refractivity contribution in [1.29, 1.82) is 0 Å². The van der Waals surface area contributed by atoms with Gasteiger partial charge in [0.2, 0.25) is 0 Å². The molecule has 2 atom stereocenters. The van der Waals surface area contributed by atoms with Crippen molar-refractivity contribution in [2.45, 2.75) is 39.7 Å². The summed E-state index contributed by atoms with van der Waals surface area (Å²) in [4.78, 5) is 11.9. The minimum Gasteiger partial charge on any atom is -0.469 e. The SMILES string of the molecule is CCc1ccc(C(C)(O)C(C(=O)OC)C(C)C)cc1. The van der Waals surface area contributed by atoms with Crippen molar-refractivity contribution >= 4 is 5.97 Å². The number of hydrogen-bond donors (Lipinski definition) is 1. The Labute approximate surface area is 115 Å². The van der Waals surface area contributed by atoms with E-state index in [2.05, 4.69) is 6.92 Å². The summed E-state index contributed by atoms with van der Waals surface area (Å²) >= 11 is 0. The van der Waals surface area contributed by atoms with Gasteiger partial charge in [-0.15, -0.1) is 0 Å². The van der Waals surface area contributed by atoms with Crippen LogP contribution in [0.4, 0.5) is 0 Å². The molecule has 19 heavy (non-hydrogen) atoms. The quantitative estimate of drug-likeness (QED) is 0.832. The molecule has 1 aromatic carbocycles. The normalized spacial score (nSPS) is 15.9. The molecule has 3 heteroatoms. The molecule has 0 amide bonds. The number of carbonyl (C=O) groups is 1. The van der Waals surface area contributed by atoms with Crippen molar-refractivity contribution in [1.82, 2.24) is 0 Å². The lowest BCUT2D eigenvalue weighted by molar-refractivity contribution is -0.159. The number of aryl methyl sites for hydroxylation is 1. The predicted octanol–water partition coefficient (Wildman–Crippen LogP) is 2.90. The number of esters is 1. The van der Waals surface area contributed by atoms with Gasteiger partial charge in [0, 0.05) is 0 Å². The van der Waals surface area contributed by atoms with Gasteiger partial charge in [0.15, 0.2) is 0 Å². The van der Waals surface area contributed by atoms with Gasteiger partial charge in [-0.05, 0) is 30.4 Å². The van der Waals surface area contributed by atoms with Gasteiger partial charge in [0.05, 0.1) is 13.0 Å². The molecular weight excluding hydrogens is 240 g/mol. The van der Waals surface area contributed by atoms with Crippen molar-refractivity contribution in [2.75, 3.05) is 7.11 Å². The lowest BCUT2D eigenvalue weighted by Gasteiger charge is -2.34. The van der Waals surface area contributed by atoms with Crippen LogP contribution >= 0.6 is 0 Å². The highest BCUT2D eigenvalue weighted by atomic mass is 16.5. The molecule has 0 saturated carbocycles. The fourth-order valence-corrected chi connectivity index (χ4v) is 2.54. The van der Waals surface area contributed by atoms with Crippen LogP contribution in [0.2, 0.25) is 0 Å². The Morgan fingerprint density at radius 2 is 1.84 bits per heavy atom. The number of ether oxygens (including phenoxy) is 1. The molecule has 1 aromatic rings. The molecule has 0 aliphatic rings. The summed E-state index contributed by atoms with van der Waals surface area (Å²) < 4.78 is 4.83. The Hall–Kier alpha value is -1.35. The van der Waals surface area contributed by atoms with E-state index in [0.717, 1.165) is 12.0 Å². The van der Waals surface area contributed by atoms with Gasteiger partial charge in [-0.3, -0.25) is 4.79 Å². The number of aliphatic hydroxyl groups is 1. The maximum absolute atomic E-state index is 11.9. The molecule has 0 heterocycles. The first-order chi connectivity index (χ1) is 8.84. The third-order valence-corrected chi connectivity index (χ3v) is 3.67. The van der Waals surface area contributed by atoms with Crippen LogP contribution in [0.3, 0.4) is 0 Å². The van der Waals surface area contributed by atoms with Crippen LogP contribution in [0.15, 0.2) is 24.3 Å². The van der Waals surface area contributed by atoms with E-state index in [1.807, 2.05) is 38.1 Å². The zero-order valence-electron chi connectivity index (χ0n) is 12.4. The highest BCUT2D eigenvalue weighted by Gasteiger charge is 2.41. The molecule has 106 valence electrons. The Kier molecular flexibility index (Phi) is 5.12. The standard InChI is InChI=1S/C16H24O3/c1-6-12-7-9-13(10-8-12)16(4,18)14(11(2)3)15(17)19-5/h7-11,14,18H,6H2,1-5H3. The third-order valence-electron chi connectivity index (χ3n) is 3.67. The second-order valence-electron chi connectivity index (χ2n) is 5.44. The van der Waals surface area contributed by atoms with Crippen LogP contribution in [0, 0.1) is 11.8 Å². The van der Waals surface area contributed by atoms with Crippen molar-refractivity contribution in [3.8, 4) is 0 Å². The van der Waals surface area contributed by atoms with E-state index < -0.39 is 11.5 Å². The molecule has 1 rings (SSSR count). The van der Waals surface area contributed by atoms with Crippen LogP contribution in [-0.2, 0) is 21.6 Å². The minimum atomic E-state index is -1.23. The van der Waals surface area contributed by atoms with Crippen LogP contribution in [-0.4, -0.2) is 18.2 Å². The molecule has 1 N–H and O–H groups in total. The van der Waals surface area contributed by atoms with Gasteiger partial charge in [-0.25, -0.2) is 0 Å². The number of rotatable bonds is 5. The lowest BCUT2D eigenvalue weighted by Crippen LogP contribution is -2.41. The van der Waals surface area contributed by atoms with Crippen LogP contribution < -0.4 is 0 Å². The largest absolute Gasteiger partial charge is 0.469 e. The Morgan fingerprint density at radius 1 is 1.32 bits per heavy atom. The van der Waals surface area contributed by atoms with Gasteiger partial charge in [-0.1, -0.05) is 45.0 Å². The van der Waals surface area contributed by atoms with Crippen LogP contribution in [0.1, 0.15) is 38.8 Å². The molecule has 0 aliphatic carbocycles. The molecule has 0 saturated heterocycles. The third kappa shape index (κ3) is 3.35. The van der Waals surface area contributed by atoms with E-state index in [-0.39, 0.29) is 11.9 Å². The van der Waals surface area contributed by atoms with E-state index in [0.29, 0.717) is 0 Å². The van der Waals surface area contributed by atoms with Crippen LogP contribution in [0.25, 0.3) is 0 Å². The lowest BCUT2D eigenvalue weighted by atomic mass is 9.76. The van der Waals surface area contributed by atoms with E-state index >= 15 is 0 Å². The molecule has 0 spiro atoms. The first-order valence-corrected chi connectivity index (χ1v) is 6.74. The predicted molar refractivity (Wildman–Crippen MR) is 75.7 cm³/mol. The zero-order valence-corrected chi connectivity index (χ0v) is 12.4. The molecular formula is C16H24O3. The van der Waals surface area contributed by atoms with Gasteiger partial charge in [-0.2, -0.15) is 0 Å². The smallest absolute Gasteiger partial charge is 0.312 e. The number of carbonyl (C=O) groups excluding carboxylic acids is 1. The van der Waals surface area contributed by atoms with Gasteiger partial charge >= 0.3 is 5.97 Å². The summed E-state index contributed by atoms with van der Waals surface area (Å²) in [6.07, 6.45) is 0.951. The van der Waals surface area contributed by atoms with Crippen molar-refractivity contribution < 1.29 is 14.6 Å². The van der Waals surface area contributed by atoms with Gasteiger partial charge in [0.1, 0.15) is 5.60 Å². The van der Waals surface area contributed by atoms with E-state index in [1.54, 1.807) is 6.92 Å². The number of benzene rings is 1. The monoisotopic (exact) mass is 264 g/mol. The molecule has 0 aliphatic heterocycles. The maximum atomic E-state index is 11.9. The molecule has 0 radical (unpaired) electrons. The van der Waals surface area contributed by atoms with Crippen LogP contribution in [0.5, 0.6) is 0 Å². The summed E-state index contributed by atoms with van der Waals surface area (Å²) in [5.41, 5.74) is 0.723. The number of methoxy groups -OCH3 is 1. The minimum absolute atomic E-state index is 0.00620. The summed E-state index contributed by atoms with van der Waals surface area (Å²) in [5, 5.41) is 10.8. The molecule has 3 nitrogen and oxygen atoms in total. The Bertz CT molecular complexity index is 418. The van der Waals surface area contributed by atoms with Crippen molar-refractivity contribution in [2.24, 2.45) is 11.8 Å². The van der Waals surface area contributed by atoms with E-state index in [4.69, 9.17) is 4.74 Å². The van der Waals surface area contributed by atoms with Gasteiger partial charge < -0.3 is 9.84 Å². The Morgan fingerprint density at radius 3 is 2.21 bits per heavy atom. The van der Waals surface area contributed by atoms with Crippen molar-refractivity contribution in [3.05, 3.63) is 35.4 Å². The molecule has 0 aromatic heterocycles. The Balaban J connectivity index is 3.14. The summed E-state index contributed by atoms with van der Waals surface area (Å²) in [5.74, 6) is -0.960. The fourth-order valence-electron chi connectivity index (χ4n) is 2.54. The first-order valence-electron chi connectivity index (χ1n) is 6.74. The second kappa shape index (κ2) is 6.20. The average molecular weight is 264 g/mol. The zero-order chi connectivity index (χ0) is 14.6. The fraction of sp³-hybridized carbons (Fsp3) is 0.562. The van der Waals surface area contributed by atoms with E-state index in [1.165, 1.54) is 12.7 Å². The summed E-state index contributed by atoms with van der Waals surface area (Å²) in [6, 6.07) is 7.74. The summed E-state index contributed by atoms with van der Waals surface area (Å²) in [6.45, 7) is 7.58. The molecule has 2 unspecified atom stereocenters. The summed E-state index contributed by atoms with van der Waals surface area (Å²) in [7, 11) is 1.36. The highest BCUT2D eigenvalue weighted by Crippen LogP contribution is 2.35. The molecule has 0 bridgehead atoms. The van der Waals surface area contributed by atoms with Gasteiger partial charge in [0.25, 0.3) is 0 Å². The first kappa shape index (κ1) is 15.7. The average Bonchev–Trinajstić information content (AvgIpc) is 2.37. The van der Waals surface area contributed by atoms with Crippen molar-refractivity contribution in [3.63, 3.8) is 0 Å².